The summed E-state index contributed by atoms with van der Waals surface area (Å²) < 4.78 is 58.7. The summed E-state index contributed by atoms with van der Waals surface area (Å²) in [5.74, 6) is -0.248. The first-order chi connectivity index (χ1) is 16.2. The van der Waals surface area contributed by atoms with Gasteiger partial charge in [-0.1, -0.05) is 0 Å². The van der Waals surface area contributed by atoms with Gasteiger partial charge >= 0.3 is 0 Å². The number of sulfone groups is 1. The maximum absolute atomic E-state index is 15.1. The minimum absolute atomic E-state index is 0.0169. The lowest BCUT2D eigenvalue weighted by atomic mass is 9.86. The third-order valence-corrected chi connectivity index (χ3v) is 9.87. The summed E-state index contributed by atoms with van der Waals surface area (Å²) >= 11 is 0. The van der Waals surface area contributed by atoms with E-state index >= 15 is 4.39 Å². The van der Waals surface area contributed by atoms with Crippen LogP contribution in [0.2, 0.25) is 0 Å². The number of pyridine rings is 1. The lowest BCUT2D eigenvalue weighted by Gasteiger charge is -2.39. The number of fused-ring (bicyclic) bond motifs is 3. The molecule has 0 saturated carbocycles. The molecule has 0 aliphatic carbocycles. The van der Waals surface area contributed by atoms with Crippen molar-refractivity contribution >= 4 is 38.2 Å². The zero-order valence-corrected chi connectivity index (χ0v) is 19.2. The van der Waals surface area contributed by atoms with Crippen LogP contribution in [0.1, 0.15) is 25.3 Å². The highest BCUT2D eigenvalue weighted by molar-refractivity contribution is 7.94. The highest BCUT2D eigenvalue weighted by Gasteiger charge is 2.65. The van der Waals surface area contributed by atoms with Gasteiger partial charge in [0.1, 0.15) is 29.4 Å². The van der Waals surface area contributed by atoms with E-state index in [0.29, 0.717) is 28.4 Å². The maximum Gasteiger partial charge on any atom is 0.232 e. The number of rotatable bonds is 5. The van der Waals surface area contributed by atoms with Crippen molar-refractivity contribution in [2.45, 2.75) is 35.3 Å². The number of nitrogens with one attached hydrogen (secondary N) is 1. The molecule has 1 fully saturated rings. The molecule has 0 amide bonds. The molecule has 5 rings (SSSR count). The van der Waals surface area contributed by atoms with Crippen molar-refractivity contribution in [2.24, 2.45) is 10.7 Å². The average molecular weight is 489 g/mol. The first-order valence-corrected chi connectivity index (χ1v) is 12.1. The van der Waals surface area contributed by atoms with Gasteiger partial charge in [-0.3, -0.25) is 4.99 Å². The Morgan fingerprint density at radius 3 is 2.82 bits per heavy atom. The molecule has 1 aromatic carbocycles. The van der Waals surface area contributed by atoms with Gasteiger partial charge in [0.15, 0.2) is 20.4 Å². The summed E-state index contributed by atoms with van der Waals surface area (Å²) in [5, 5.41) is 2.00. The Balaban J connectivity index is 1.59. The number of hydrogen-bond donors (Lipinski definition) is 2. The second-order valence-corrected chi connectivity index (χ2v) is 11.0. The van der Waals surface area contributed by atoms with Gasteiger partial charge < -0.3 is 15.8 Å². The summed E-state index contributed by atoms with van der Waals surface area (Å²) in [4.78, 5) is 17.3. The minimum Gasteiger partial charge on any atom is -0.480 e. The fourth-order valence-corrected chi connectivity index (χ4v) is 7.55. The SMILES string of the molecule is COc1cnc2c(Nc3ccc(F)c(C4(C)N=C(N)C5(CF)CCC4S5(=O)=O)c3)nccc2n1. The van der Waals surface area contributed by atoms with E-state index < -0.39 is 37.9 Å². The third-order valence-electron chi connectivity index (χ3n) is 6.81. The first-order valence-electron chi connectivity index (χ1n) is 10.5. The van der Waals surface area contributed by atoms with Gasteiger partial charge in [-0.25, -0.2) is 32.2 Å². The molecule has 4 heterocycles. The lowest BCUT2D eigenvalue weighted by molar-refractivity contribution is 0.397. The van der Waals surface area contributed by atoms with E-state index in [1.807, 2.05) is 0 Å². The highest BCUT2D eigenvalue weighted by Crippen LogP contribution is 2.52. The Bertz CT molecular complexity index is 1450. The fraction of sp³-hybridized carbons (Fsp3) is 0.364. The van der Waals surface area contributed by atoms with Crippen molar-refractivity contribution in [3.63, 3.8) is 0 Å². The van der Waals surface area contributed by atoms with Gasteiger partial charge in [0, 0.05) is 17.4 Å². The Morgan fingerprint density at radius 1 is 1.29 bits per heavy atom. The Morgan fingerprint density at radius 2 is 2.09 bits per heavy atom. The molecule has 2 aliphatic rings. The van der Waals surface area contributed by atoms with Crippen molar-refractivity contribution in [3.05, 3.63) is 48.0 Å². The Kier molecular flexibility index (Phi) is 4.97. The molecule has 2 bridgehead atoms. The van der Waals surface area contributed by atoms with Gasteiger partial charge in [-0.05, 0) is 44.0 Å². The van der Waals surface area contributed by atoms with Crippen LogP contribution in [0.4, 0.5) is 20.3 Å². The zero-order chi connectivity index (χ0) is 24.3. The second kappa shape index (κ2) is 7.55. The summed E-state index contributed by atoms with van der Waals surface area (Å²) in [7, 11) is -2.54. The normalized spacial score (nSPS) is 27.4. The monoisotopic (exact) mass is 488 g/mol. The predicted octanol–water partition coefficient (Wildman–Crippen LogP) is 2.79. The molecule has 34 heavy (non-hydrogen) atoms. The van der Waals surface area contributed by atoms with Gasteiger partial charge in [-0.15, -0.1) is 0 Å². The van der Waals surface area contributed by atoms with E-state index in [4.69, 9.17) is 10.5 Å². The van der Waals surface area contributed by atoms with Crippen LogP contribution in [0.5, 0.6) is 5.88 Å². The lowest BCUT2D eigenvalue weighted by Crippen LogP contribution is -2.58. The molecule has 3 unspecified atom stereocenters. The topological polar surface area (TPSA) is 132 Å². The number of benzene rings is 1. The smallest absolute Gasteiger partial charge is 0.232 e. The molecular weight excluding hydrogens is 466 g/mol. The van der Waals surface area contributed by atoms with Crippen LogP contribution in [0, 0.1) is 5.82 Å². The molecule has 9 nitrogen and oxygen atoms in total. The molecule has 2 aromatic heterocycles. The minimum atomic E-state index is -4.03. The molecule has 2 aliphatic heterocycles. The number of methoxy groups -OCH3 is 1. The average Bonchev–Trinajstić information content (AvgIpc) is 3.03. The number of alkyl halides is 1. The number of ether oxygens (including phenoxy) is 1. The van der Waals surface area contributed by atoms with Crippen molar-refractivity contribution in [1.29, 1.82) is 0 Å². The number of aliphatic imine (C=N–C) groups is 1. The summed E-state index contributed by atoms with van der Waals surface area (Å²) in [6, 6.07) is 5.85. The van der Waals surface area contributed by atoms with Gasteiger partial charge in [-0.2, -0.15) is 0 Å². The molecule has 0 radical (unpaired) electrons. The van der Waals surface area contributed by atoms with Crippen molar-refractivity contribution in [1.82, 2.24) is 15.0 Å². The fourth-order valence-electron chi connectivity index (χ4n) is 4.91. The Labute approximate surface area is 194 Å². The summed E-state index contributed by atoms with van der Waals surface area (Å²) in [6.07, 6.45) is 3.14. The number of nitrogens with two attached hydrogens (primary N) is 1. The number of aromatic nitrogens is 3. The number of hydrogen-bond acceptors (Lipinski definition) is 9. The van der Waals surface area contributed by atoms with Gasteiger partial charge in [0.2, 0.25) is 5.88 Å². The Hall–Kier alpha value is -3.41. The van der Waals surface area contributed by atoms with Crippen LogP contribution in [0.15, 0.2) is 41.7 Å². The summed E-state index contributed by atoms with van der Waals surface area (Å²) in [6.45, 7) is 0.367. The predicted molar refractivity (Wildman–Crippen MR) is 123 cm³/mol. The van der Waals surface area contributed by atoms with Crippen LogP contribution in [0.3, 0.4) is 0 Å². The number of amidine groups is 1. The molecule has 1 saturated heterocycles. The summed E-state index contributed by atoms with van der Waals surface area (Å²) in [5.41, 5.74) is 5.96. The molecule has 3 atom stereocenters. The third kappa shape index (κ3) is 2.97. The van der Waals surface area contributed by atoms with E-state index in [2.05, 4.69) is 25.3 Å². The van der Waals surface area contributed by atoms with Crippen molar-refractivity contribution in [2.75, 3.05) is 19.1 Å². The molecular formula is C22H22F2N6O3S. The van der Waals surface area contributed by atoms with Crippen LogP contribution < -0.4 is 15.8 Å². The van der Waals surface area contributed by atoms with Crippen LogP contribution in [-0.4, -0.2) is 53.0 Å². The number of halogens is 2. The van der Waals surface area contributed by atoms with Crippen molar-refractivity contribution < 1.29 is 21.9 Å². The number of nitrogens with zero attached hydrogens (tertiary/aromatic N) is 4. The molecule has 12 heteroatoms. The highest BCUT2D eigenvalue weighted by atomic mass is 32.2. The molecule has 178 valence electrons. The van der Waals surface area contributed by atoms with Gasteiger partial charge in [0.25, 0.3) is 0 Å². The quantitative estimate of drug-likeness (QED) is 0.560. The van der Waals surface area contributed by atoms with E-state index in [-0.39, 0.29) is 24.2 Å². The molecule has 3 N–H and O–H groups in total. The van der Waals surface area contributed by atoms with Crippen LogP contribution in [0.25, 0.3) is 11.0 Å². The van der Waals surface area contributed by atoms with E-state index in [0.717, 1.165) is 0 Å². The molecule has 3 aromatic rings. The van der Waals surface area contributed by atoms with E-state index in [1.165, 1.54) is 44.6 Å². The van der Waals surface area contributed by atoms with Gasteiger partial charge in [0.05, 0.1) is 24.1 Å². The second-order valence-electron chi connectivity index (χ2n) is 8.60. The van der Waals surface area contributed by atoms with Crippen LogP contribution in [-0.2, 0) is 15.4 Å². The maximum atomic E-state index is 15.1. The first kappa shape index (κ1) is 22.4. The zero-order valence-electron chi connectivity index (χ0n) is 18.4. The standard InChI is InChI=1S/C22H22F2N6O3S/c1-21(16-5-7-22(11-23,20(25)30-21)34(16,31)32)13-9-12(3-4-14(13)24)28-19-18-15(6-8-26-19)29-17(33-2)10-27-18/h3-4,6,8-10,16H,5,7,11H2,1-2H3,(H2,25,30)(H,26,28). The van der Waals surface area contributed by atoms with Crippen LogP contribution >= 0.6 is 0 Å². The molecule has 0 spiro atoms. The largest absolute Gasteiger partial charge is 0.480 e. The van der Waals surface area contributed by atoms with Crippen molar-refractivity contribution in [3.8, 4) is 5.88 Å². The van der Waals surface area contributed by atoms with E-state index in [1.54, 1.807) is 6.07 Å². The number of anilines is 2. The van der Waals surface area contributed by atoms with E-state index in [9.17, 15) is 12.8 Å².